The first-order chi connectivity index (χ1) is 9.96. The van der Waals surface area contributed by atoms with Crippen molar-refractivity contribution in [2.45, 2.75) is 13.8 Å². The summed E-state index contributed by atoms with van der Waals surface area (Å²) in [7, 11) is 3.22. The maximum absolute atomic E-state index is 11.9. The number of nitrogens with one attached hydrogen (secondary N) is 1. The Morgan fingerprint density at radius 1 is 1.19 bits per heavy atom. The molecule has 6 heteroatoms. The largest absolute Gasteiger partial charge is 0.414 e. The predicted octanol–water partition coefficient (Wildman–Crippen LogP) is 2.03. The van der Waals surface area contributed by atoms with Crippen molar-refractivity contribution in [3.8, 4) is 5.75 Å². The number of nitrogens with zero attached hydrogens (tertiary/aromatic N) is 2. The second-order valence-electron chi connectivity index (χ2n) is 4.80. The number of ether oxygens (including phenoxy) is 1. The molecule has 116 valence electrons. The molecule has 0 heterocycles. The molecule has 0 atom stereocenters. The van der Waals surface area contributed by atoms with Crippen LogP contribution in [-0.4, -0.2) is 55.5 Å². The highest BCUT2D eigenvalue weighted by molar-refractivity contribution is 5.92. The van der Waals surface area contributed by atoms with E-state index in [-0.39, 0.29) is 5.91 Å². The van der Waals surface area contributed by atoms with E-state index in [0.717, 1.165) is 13.1 Å². The highest BCUT2D eigenvalue weighted by Crippen LogP contribution is 2.18. The molecule has 0 fully saturated rings. The second-order valence-corrected chi connectivity index (χ2v) is 4.80. The Balaban J connectivity index is 2.64. The zero-order chi connectivity index (χ0) is 15.8. The van der Waals surface area contributed by atoms with Gasteiger partial charge in [-0.3, -0.25) is 9.69 Å². The lowest BCUT2D eigenvalue weighted by Crippen LogP contribution is -2.32. The van der Waals surface area contributed by atoms with Gasteiger partial charge in [-0.25, -0.2) is 4.79 Å². The summed E-state index contributed by atoms with van der Waals surface area (Å²) in [5, 5.41) is 2.80. The van der Waals surface area contributed by atoms with E-state index >= 15 is 0 Å². The predicted molar refractivity (Wildman–Crippen MR) is 82.6 cm³/mol. The Morgan fingerprint density at radius 3 is 2.43 bits per heavy atom. The quantitative estimate of drug-likeness (QED) is 0.871. The van der Waals surface area contributed by atoms with E-state index in [2.05, 4.69) is 5.32 Å². The summed E-state index contributed by atoms with van der Waals surface area (Å²) in [5.41, 5.74) is 0.608. The SMILES string of the molecule is CCN(CC)CC(=O)Nc1cccc(OC(=O)N(C)C)c1. The number of hydrogen-bond donors (Lipinski definition) is 1. The molecule has 1 aromatic rings. The van der Waals surface area contributed by atoms with E-state index in [4.69, 9.17) is 4.74 Å². The topological polar surface area (TPSA) is 61.9 Å². The van der Waals surface area contributed by atoms with Gasteiger partial charge in [0.1, 0.15) is 5.75 Å². The Morgan fingerprint density at radius 2 is 1.86 bits per heavy atom. The Bertz CT molecular complexity index is 485. The summed E-state index contributed by atoms with van der Waals surface area (Å²) in [6, 6.07) is 6.78. The van der Waals surface area contributed by atoms with Gasteiger partial charge in [0.25, 0.3) is 0 Å². The zero-order valence-electron chi connectivity index (χ0n) is 13.0. The van der Waals surface area contributed by atoms with Gasteiger partial charge >= 0.3 is 6.09 Å². The van der Waals surface area contributed by atoms with E-state index in [1.54, 1.807) is 38.4 Å². The van der Waals surface area contributed by atoms with Crippen molar-refractivity contribution in [2.24, 2.45) is 0 Å². The molecule has 0 bridgehead atoms. The third-order valence-electron chi connectivity index (χ3n) is 2.95. The average molecular weight is 293 g/mol. The van der Waals surface area contributed by atoms with Crippen LogP contribution in [0.3, 0.4) is 0 Å². The highest BCUT2D eigenvalue weighted by Gasteiger charge is 2.10. The highest BCUT2D eigenvalue weighted by atomic mass is 16.6. The molecule has 0 saturated heterocycles. The van der Waals surface area contributed by atoms with Crippen LogP contribution in [0.4, 0.5) is 10.5 Å². The van der Waals surface area contributed by atoms with Crippen molar-refractivity contribution in [1.82, 2.24) is 9.80 Å². The monoisotopic (exact) mass is 293 g/mol. The lowest BCUT2D eigenvalue weighted by atomic mass is 10.3. The van der Waals surface area contributed by atoms with E-state index in [0.29, 0.717) is 18.0 Å². The van der Waals surface area contributed by atoms with E-state index in [9.17, 15) is 9.59 Å². The van der Waals surface area contributed by atoms with E-state index in [1.165, 1.54) is 4.90 Å². The summed E-state index contributed by atoms with van der Waals surface area (Å²) in [5.74, 6) is 0.309. The minimum Gasteiger partial charge on any atom is -0.410 e. The standard InChI is InChI=1S/C15H23N3O3/c1-5-18(6-2)11-14(19)16-12-8-7-9-13(10-12)21-15(20)17(3)4/h7-10H,5-6,11H2,1-4H3,(H,16,19). The van der Waals surface area contributed by atoms with Crippen molar-refractivity contribution in [3.05, 3.63) is 24.3 Å². The van der Waals surface area contributed by atoms with Gasteiger partial charge in [-0.15, -0.1) is 0 Å². The number of amides is 2. The number of carbonyl (C=O) groups excluding carboxylic acids is 2. The molecule has 1 aromatic carbocycles. The van der Waals surface area contributed by atoms with Crippen molar-refractivity contribution in [3.63, 3.8) is 0 Å². The summed E-state index contributed by atoms with van der Waals surface area (Å²) in [6.45, 7) is 6.01. The van der Waals surface area contributed by atoms with Gasteiger partial charge in [-0.2, -0.15) is 0 Å². The molecule has 0 aliphatic rings. The van der Waals surface area contributed by atoms with Crippen LogP contribution in [0, 0.1) is 0 Å². The first-order valence-corrected chi connectivity index (χ1v) is 6.97. The summed E-state index contributed by atoms with van der Waals surface area (Å²) >= 11 is 0. The lowest BCUT2D eigenvalue weighted by molar-refractivity contribution is -0.117. The smallest absolute Gasteiger partial charge is 0.410 e. The number of rotatable bonds is 6. The molecule has 0 aliphatic carbocycles. The van der Waals surface area contributed by atoms with Gasteiger partial charge in [0.05, 0.1) is 6.54 Å². The molecule has 0 spiro atoms. The van der Waals surface area contributed by atoms with Gasteiger partial charge in [0.15, 0.2) is 0 Å². The summed E-state index contributed by atoms with van der Waals surface area (Å²) < 4.78 is 5.15. The van der Waals surface area contributed by atoms with Crippen LogP contribution in [-0.2, 0) is 4.79 Å². The molecule has 0 saturated carbocycles. The van der Waals surface area contributed by atoms with Crippen LogP contribution < -0.4 is 10.1 Å². The number of benzene rings is 1. The van der Waals surface area contributed by atoms with Crippen molar-refractivity contribution < 1.29 is 14.3 Å². The molecule has 2 amide bonds. The molecule has 1 N–H and O–H groups in total. The van der Waals surface area contributed by atoms with E-state index < -0.39 is 6.09 Å². The molecule has 0 aliphatic heterocycles. The average Bonchev–Trinajstić information content (AvgIpc) is 2.44. The summed E-state index contributed by atoms with van der Waals surface area (Å²) in [6.07, 6.45) is -0.457. The second kappa shape index (κ2) is 8.26. The molecule has 6 nitrogen and oxygen atoms in total. The Hall–Kier alpha value is -2.08. The van der Waals surface area contributed by atoms with Crippen LogP contribution in [0.2, 0.25) is 0 Å². The van der Waals surface area contributed by atoms with Crippen LogP contribution in [0.25, 0.3) is 0 Å². The van der Waals surface area contributed by atoms with Gasteiger partial charge in [-0.1, -0.05) is 19.9 Å². The first-order valence-electron chi connectivity index (χ1n) is 6.97. The molecular formula is C15H23N3O3. The molecular weight excluding hydrogens is 270 g/mol. The van der Waals surface area contributed by atoms with Crippen molar-refractivity contribution in [2.75, 3.05) is 39.0 Å². The van der Waals surface area contributed by atoms with E-state index in [1.807, 2.05) is 18.7 Å². The summed E-state index contributed by atoms with van der Waals surface area (Å²) in [4.78, 5) is 26.8. The molecule has 0 unspecified atom stereocenters. The maximum atomic E-state index is 11.9. The minimum atomic E-state index is -0.457. The molecule has 21 heavy (non-hydrogen) atoms. The normalized spacial score (nSPS) is 10.3. The van der Waals surface area contributed by atoms with Crippen molar-refractivity contribution >= 4 is 17.7 Å². The van der Waals surface area contributed by atoms with Crippen LogP contribution >= 0.6 is 0 Å². The fourth-order valence-corrected chi connectivity index (χ4v) is 1.68. The third kappa shape index (κ3) is 5.83. The van der Waals surface area contributed by atoms with Crippen LogP contribution in [0.15, 0.2) is 24.3 Å². The van der Waals surface area contributed by atoms with Crippen LogP contribution in [0.1, 0.15) is 13.8 Å². The van der Waals surface area contributed by atoms with Crippen molar-refractivity contribution in [1.29, 1.82) is 0 Å². The maximum Gasteiger partial charge on any atom is 0.414 e. The molecule has 0 aromatic heterocycles. The lowest BCUT2D eigenvalue weighted by Gasteiger charge is -2.17. The number of hydrogen-bond acceptors (Lipinski definition) is 4. The van der Waals surface area contributed by atoms with Gasteiger partial charge in [0.2, 0.25) is 5.91 Å². The zero-order valence-corrected chi connectivity index (χ0v) is 13.0. The minimum absolute atomic E-state index is 0.0882. The number of carbonyl (C=O) groups is 2. The number of anilines is 1. The van der Waals surface area contributed by atoms with Crippen LogP contribution in [0.5, 0.6) is 5.75 Å². The van der Waals surface area contributed by atoms with Gasteiger partial charge < -0.3 is 15.0 Å². The van der Waals surface area contributed by atoms with Gasteiger partial charge in [-0.05, 0) is 25.2 Å². The Labute approximate surface area is 125 Å². The number of likely N-dealkylation sites (N-methyl/N-ethyl adjacent to an activating group) is 1. The fraction of sp³-hybridized carbons (Fsp3) is 0.467. The molecule has 1 rings (SSSR count). The molecule has 0 radical (unpaired) electrons. The Kier molecular flexibility index (Phi) is 6.68. The van der Waals surface area contributed by atoms with Gasteiger partial charge in [0, 0.05) is 25.8 Å². The third-order valence-corrected chi connectivity index (χ3v) is 2.95. The fourth-order valence-electron chi connectivity index (χ4n) is 1.68. The first kappa shape index (κ1) is 17.0.